The van der Waals surface area contributed by atoms with E-state index < -0.39 is 5.97 Å². The van der Waals surface area contributed by atoms with Gasteiger partial charge in [0.05, 0.1) is 29.1 Å². The maximum atomic E-state index is 12.9. The highest BCUT2D eigenvalue weighted by Crippen LogP contribution is 2.36. The zero-order valence-electron chi connectivity index (χ0n) is 18.1. The van der Waals surface area contributed by atoms with Crippen LogP contribution in [0.2, 0.25) is 10.0 Å². The molecule has 0 aromatic heterocycles. The zero-order chi connectivity index (χ0) is 25.1. The summed E-state index contributed by atoms with van der Waals surface area (Å²) in [6, 6.07) is 16.7. The number of carbonyl (C=O) groups excluding carboxylic acids is 3. The molecule has 0 N–H and O–H groups in total. The molecule has 0 radical (unpaired) electrons. The molecule has 1 aliphatic heterocycles. The molecule has 6 nitrogen and oxygen atoms in total. The number of carbonyl (C=O) groups is 3. The van der Waals surface area contributed by atoms with Crippen LogP contribution >= 0.6 is 50.9 Å². The third kappa shape index (κ3) is 5.73. The summed E-state index contributed by atoms with van der Waals surface area (Å²) in [5, 5.41) is 0.208. The molecule has 1 fully saturated rings. The number of methoxy groups -OCH3 is 1. The first-order chi connectivity index (χ1) is 16.8. The lowest BCUT2D eigenvalue weighted by atomic mass is 10.1. The molecule has 1 aliphatic rings. The van der Waals surface area contributed by atoms with Crippen molar-refractivity contribution in [1.29, 1.82) is 0 Å². The van der Waals surface area contributed by atoms with Crippen LogP contribution in [-0.2, 0) is 11.3 Å². The van der Waals surface area contributed by atoms with Crippen molar-refractivity contribution in [3.8, 4) is 11.5 Å². The van der Waals surface area contributed by atoms with Gasteiger partial charge in [-0.25, -0.2) is 4.79 Å². The van der Waals surface area contributed by atoms with E-state index in [1.807, 2.05) is 24.3 Å². The van der Waals surface area contributed by atoms with Crippen molar-refractivity contribution in [3.63, 3.8) is 0 Å². The second-order valence-corrected chi connectivity index (χ2v) is 9.97. The highest BCUT2D eigenvalue weighted by molar-refractivity contribution is 9.10. The summed E-state index contributed by atoms with van der Waals surface area (Å²) in [4.78, 5) is 39.4. The molecule has 10 heteroatoms. The van der Waals surface area contributed by atoms with Gasteiger partial charge in [0.25, 0.3) is 11.1 Å². The summed E-state index contributed by atoms with van der Waals surface area (Å²) in [6.45, 7) is 0.162. The standard InChI is InChI=1S/C25H16BrCl2NO5S/c1-33-21-10-14(6-9-20(21)34-24(31)17-8-7-16(27)12-19(17)28)11-22-23(30)29(25(32)35-22)13-15-4-2-3-5-18(15)26/h2-12H,13H2,1H3/b22-11-. The fourth-order valence-corrected chi connectivity index (χ4v) is 4.99. The monoisotopic (exact) mass is 591 g/mol. The van der Waals surface area contributed by atoms with Gasteiger partial charge < -0.3 is 9.47 Å². The number of nitrogens with zero attached hydrogens (tertiary/aromatic N) is 1. The Morgan fingerprint density at radius 3 is 2.54 bits per heavy atom. The minimum atomic E-state index is -0.675. The van der Waals surface area contributed by atoms with E-state index in [0.29, 0.717) is 10.6 Å². The molecule has 3 aromatic carbocycles. The van der Waals surface area contributed by atoms with Gasteiger partial charge in [0.1, 0.15) is 0 Å². The Kier molecular flexibility index (Phi) is 7.86. The van der Waals surface area contributed by atoms with Gasteiger partial charge in [-0.2, -0.15) is 0 Å². The number of thioether (sulfide) groups is 1. The lowest BCUT2D eigenvalue weighted by Gasteiger charge is -2.13. The van der Waals surface area contributed by atoms with Crippen LogP contribution in [0.4, 0.5) is 4.79 Å². The molecule has 2 amide bonds. The molecular weight excluding hydrogens is 577 g/mol. The van der Waals surface area contributed by atoms with E-state index >= 15 is 0 Å². The summed E-state index contributed by atoms with van der Waals surface area (Å²) in [5.74, 6) is -0.624. The van der Waals surface area contributed by atoms with Crippen LogP contribution in [0.25, 0.3) is 6.08 Å². The van der Waals surface area contributed by atoms with Crippen molar-refractivity contribution in [2.24, 2.45) is 0 Å². The Morgan fingerprint density at radius 1 is 1.06 bits per heavy atom. The Balaban J connectivity index is 1.53. The van der Waals surface area contributed by atoms with Crippen LogP contribution in [0, 0.1) is 0 Å². The van der Waals surface area contributed by atoms with Gasteiger partial charge in [-0.05, 0) is 65.4 Å². The summed E-state index contributed by atoms with van der Waals surface area (Å²) in [6.07, 6.45) is 1.59. The number of hydrogen-bond donors (Lipinski definition) is 0. The van der Waals surface area contributed by atoms with Crippen molar-refractivity contribution < 1.29 is 23.9 Å². The van der Waals surface area contributed by atoms with Crippen molar-refractivity contribution in [3.05, 3.63) is 96.8 Å². The van der Waals surface area contributed by atoms with Gasteiger partial charge >= 0.3 is 5.97 Å². The predicted molar refractivity (Wildman–Crippen MR) is 140 cm³/mol. The average Bonchev–Trinajstić information content (AvgIpc) is 3.08. The summed E-state index contributed by atoms with van der Waals surface area (Å²) >= 11 is 16.3. The first-order valence-corrected chi connectivity index (χ1v) is 12.5. The van der Waals surface area contributed by atoms with E-state index in [0.717, 1.165) is 21.8 Å². The Morgan fingerprint density at radius 2 is 1.83 bits per heavy atom. The SMILES string of the molecule is COc1cc(/C=C2\SC(=O)N(Cc3ccccc3Br)C2=O)ccc1OC(=O)c1ccc(Cl)cc1Cl. The zero-order valence-corrected chi connectivity index (χ0v) is 22.0. The second kappa shape index (κ2) is 10.9. The normalized spacial score (nSPS) is 14.5. The number of esters is 1. The third-order valence-corrected chi connectivity index (χ3v) is 7.23. The van der Waals surface area contributed by atoms with E-state index in [4.69, 9.17) is 32.7 Å². The van der Waals surface area contributed by atoms with Crippen LogP contribution in [0.3, 0.4) is 0 Å². The molecule has 1 heterocycles. The number of hydrogen-bond acceptors (Lipinski definition) is 6. The van der Waals surface area contributed by atoms with Crippen molar-refractivity contribution >= 4 is 74.1 Å². The average molecular weight is 593 g/mol. The summed E-state index contributed by atoms with van der Waals surface area (Å²) < 4.78 is 11.6. The summed E-state index contributed by atoms with van der Waals surface area (Å²) in [7, 11) is 1.43. The fourth-order valence-electron chi connectivity index (χ4n) is 3.25. The van der Waals surface area contributed by atoms with E-state index in [1.165, 1.54) is 36.3 Å². The van der Waals surface area contributed by atoms with Gasteiger partial charge in [0.2, 0.25) is 0 Å². The molecule has 0 bridgehead atoms. The quantitative estimate of drug-likeness (QED) is 0.171. The highest BCUT2D eigenvalue weighted by Gasteiger charge is 2.35. The predicted octanol–water partition coefficient (Wildman–Crippen LogP) is 7.22. The summed E-state index contributed by atoms with van der Waals surface area (Å²) in [5.41, 5.74) is 1.57. The molecule has 4 rings (SSSR count). The molecule has 0 atom stereocenters. The van der Waals surface area contributed by atoms with Gasteiger partial charge in [-0.3, -0.25) is 14.5 Å². The van der Waals surface area contributed by atoms with E-state index in [1.54, 1.807) is 18.2 Å². The van der Waals surface area contributed by atoms with Crippen LogP contribution in [0.5, 0.6) is 11.5 Å². The molecule has 0 aliphatic carbocycles. The van der Waals surface area contributed by atoms with Gasteiger partial charge in [-0.15, -0.1) is 0 Å². The minimum absolute atomic E-state index is 0.154. The number of rotatable bonds is 6. The van der Waals surface area contributed by atoms with Gasteiger partial charge in [0.15, 0.2) is 11.5 Å². The molecule has 178 valence electrons. The topological polar surface area (TPSA) is 72.9 Å². The van der Waals surface area contributed by atoms with Crippen molar-refractivity contribution in [2.75, 3.05) is 7.11 Å². The molecule has 0 saturated carbocycles. The molecule has 35 heavy (non-hydrogen) atoms. The molecule has 0 unspecified atom stereocenters. The Bertz CT molecular complexity index is 1380. The highest BCUT2D eigenvalue weighted by atomic mass is 79.9. The largest absolute Gasteiger partial charge is 0.493 e. The smallest absolute Gasteiger partial charge is 0.345 e. The Hall–Kier alpha value is -2.78. The minimum Gasteiger partial charge on any atom is -0.493 e. The van der Waals surface area contributed by atoms with Crippen LogP contribution in [-0.4, -0.2) is 29.1 Å². The van der Waals surface area contributed by atoms with E-state index in [2.05, 4.69) is 15.9 Å². The third-order valence-electron chi connectivity index (χ3n) is 5.00. The molecular formula is C25H16BrCl2NO5S. The maximum Gasteiger partial charge on any atom is 0.345 e. The van der Waals surface area contributed by atoms with Crippen LogP contribution in [0.1, 0.15) is 21.5 Å². The number of benzene rings is 3. The number of amides is 2. The van der Waals surface area contributed by atoms with Crippen molar-refractivity contribution in [2.45, 2.75) is 6.54 Å². The first-order valence-electron chi connectivity index (χ1n) is 10.1. The van der Waals surface area contributed by atoms with Crippen LogP contribution in [0.15, 0.2) is 70.0 Å². The lowest BCUT2D eigenvalue weighted by Crippen LogP contribution is -2.27. The number of halogens is 3. The molecule has 1 saturated heterocycles. The molecule has 3 aromatic rings. The van der Waals surface area contributed by atoms with E-state index in [-0.39, 0.29) is 44.7 Å². The van der Waals surface area contributed by atoms with E-state index in [9.17, 15) is 14.4 Å². The second-order valence-electron chi connectivity index (χ2n) is 7.28. The number of ether oxygens (including phenoxy) is 2. The van der Waals surface area contributed by atoms with Gasteiger partial charge in [0, 0.05) is 9.50 Å². The maximum absolute atomic E-state index is 12.9. The number of imide groups is 1. The Labute approximate surface area is 223 Å². The van der Waals surface area contributed by atoms with Crippen LogP contribution < -0.4 is 9.47 Å². The fraction of sp³-hybridized carbons (Fsp3) is 0.0800. The lowest BCUT2D eigenvalue weighted by molar-refractivity contribution is -0.123. The van der Waals surface area contributed by atoms with Gasteiger partial charge in [-0.1, -0.05) is 63.4 Å². The molecule has 0 spiro atoms. The van der Waals surface area contributed by atoms with Crippen molar-refractivity contribution in [1.82, 2.24) is 4.90 Å². The first kappa shape index (κ1) is 25.3.